The molecule has 1 fully saturated rings. The molecule has 0 bridgehead atoms. The minimum Gasteiger partial charge on any atom is -0.507 e. The van der Waals surface area contributed by atoms with E-state index >= 15 is 0 Å². The lowest BCUT2D eigenvalue weighted by atomic mass is 10.0. The minimum absolute atomic E-state index is 0.171. The summed E-state index contributed by atoms with van der Waals surface area (Å²) in [6, 6.07) is 7.31. The van der Waals surface area contributed by atoms with Crippen molar-refractivity contribution in [3.63, 3.8) is 0 Å². The third-order valence-electron chi connectivity index (χ3n) is 5.25. The number of aryl methyl sites for hydroxylation is 1. The van der Waals surface area contributed by atoms with Crippen LogP contribution in [-0.4, -0.2) is 28.4 Å². The molecule has 4 rings (SSSR count). The van der Waals surface area contributed by atoms with Crippen molar-refractivity contribution in [2.75, 3.05) is 6.54 Å². The molecule has 0 spiro atoms. The molecule has 136 valence electrons. The number of phenolic OH excluding ortho intramolecular Hbond substituents is 1. The van der Waals surface area contributed by atoms with Gasteiger partial charge in [-0.05, 0) is 57.5 Å². The van der Waals surface area contributed by atoms with Crippen molar-refractivity contribution in [2.45, 2.75) is 45.7 Å². The van der Waals surface area contributed by atoms with Crippen LogP contribution in [0.2, 0.25) is 0 Å². The Bertz CT molecular complexity index is 880. The Balaban J connectivity index is 1.66. The number of phenols is 1. The Labute approximate surface area is 152 Å². The van der Waals surface area contributed by atoms with E-state index in [1.807, 2.05) is 13.0 Å². The zero-order valence-corrected chi connectivity index (χ0v) is 15.1. The van der Waals surface area contributed by atoms with Gasteiger partial charge < -0.3 is 14.3 Å². The normalized spacial score (nSPS) is 21.8. The van der Waals surface area contributed by atoms with Gasteiger partial charge in [-0.2, -0.15) is 0 Å². The van der Waals surface area contributed by atoms with Gasteiger partial charge in [0, 0.05) is 18.7 Å². The molecule has 0 aliphatic carbocycles. The molecule has 3 heterocycles. The summed E-state index contributed by atoms with van der Waals surface area (Å²) in [5, 5.41) is 10.4. The van der Waals surface area contributed by atoms with E-state index in [9.17, 15) is 9.90 Å². The average molecular weight is 353 g/mol. The van der Waals surface area contributed by atoms with Gasteiger partial charge in [0.1, 0.15) is 23.0 Å². The van der Waals surface area contributed by atoms with Gasteiger partial charge in [0.05, 0.1) is 11.1 Å². The molecule has 2 aliphatic rings. The topological polar surface area (TPSA) is 62.9 Å². The molecule has 2 aromatic rings. The smallest absolute Gasteiger partial charge is 0.232 e. The number of aromatic hydroxyl groups is 1. The number of ketones is 1. The van der Waals surface area contributed by atoms with Crippen LogP contribution in [0.4, 0.5) is 0 Å². The van der Waals surface area contributed by atoms with Gasteiger partial charge >= 0.3 is 0 Å². The molecule has 0 amide bonds. The minimum atomic E-state index is -0.179. The fraction of sp³-hybridized carbons (Fsp3) is 0.381. The molecule has 0 unspecified atom stereocenters. The number of likely N-dealkylation sites (tertiary alicyclic amines) is 1. The number of hydrogen-bond donors (Lipinski definition) is 1. The Morgan fingerprint density at radius 1 is 1.27 bits per heavy atom. The number of furan rings is 1. The van der Waals surface area contributed by atoms with E-state index < -0.39 is 0 Å². The number of allylic oxidation sites excluding steroid dienone is 1. The van der Waals surface area contributed by atoms with Crippen LogP contribution in [0.5, 0.6) is 11.5 Å². The number of carbonyl (C=O) groups is 1. The van der Waals surface area contributed by atoms with Crippen LogP contribution < -0.4 is 4.74 Å². The largest absolute Gasteiger partial charge is 0.507 e. The molecule has 5 heteroatoms. The third-order valence-corrected chi connectivity index (χ3v) is 5.25. The van der Waals surface area contributed by atoms with Crippen LogP contribution in [-0.2, 0) is 6.54 Å². The number of Topliss-reactive ketones (excluding diaryl/α,β-unsaturated/α-hetero) is 1. The molecular weight excluding hydrogens is 330 g/mol. The van der Waals surface area contributed by atoms with Crippen LogP contribution >= 0.6 is 0 Å². The van der Waals surface area contributed by atoms with Crippen LogP contribution in [0.1, 0.15) is 53.6 Å². The van der Waals surface area contributed by atoms with Gasteiger partial charge in [0.15, 0.2) is 5.76 Å². The summed E-state index contributed by atoms with van der Waals surface area (Å²) < 4.78 is 11.4. The summed E-state index contributed by atoms with van der Waals surface area (Å²) in [7, 11) is 0. The number of rotatable bonds is 3. The van der Waals surface area contributed by atoms with Crippen molar-refractivity contribution in [3.8, 4) is 11.5 Å². The van der Waals surface area contributed by atoms with Crippen LogP contribution in [0.25, 0.3) is 6.08 Å². The quantitative estimate of drug-likeness (QED) is 0.834. The standard InChI is InChI=1S/C21H23NO4/c1-13-5-3-4-10-22(13)12-17-18(23)9-8-16-20(24)19(26-21(16)17)11-15-7-6-14(2)25-15/h6-9,11,13,23H,3-5,10,12H2,1-2H3/t13-/m1/s1. The van der Waals surface area contributed by atoms with E-state index in [1.165, 1.54) is 6.42 Å². The molecular formula is C21H23NO4. The first-order valence-electron chi connectivity index (χ1n) is 9.12. The lowest BCUT2D eigenvalue weighted by molar-refractivity contribution is 0.101. The summed E-state index contributed by atoms with van der Waals surface area (Å²) in [4.78, 5) is 15.0. The van der Waals surface area contributed by atoms with Crippen molar-refractivity contribution in [1.29, 1.82) is 0 Å². The molecule has 1 aromatic carbocycles. The van der Waals surface area contributed by atoms with E-state index in [2.05, 4.69) is 11.8 Å². The molecule has 0 saturated carbocycles. The highest BCUT2D eigenvalue weighted by Crippen LogP contribution is 2.40. The molecule has 1 saturated heterocycles. The second-order valence-corrected chi connectivity index (χ2v) is 7.14. The van der Waals surface area contributed by atoms with Gasteiger partial charge in [0.2, 0.25) is 5.78 Å². The Hall–Kier alpha value is -2.53. The molecule has 1 N–H and O–H groups in total. The van der Waals surface area contributed by atoms with E-state index in [-0.39, 0.29) is 17.3 Å². The lowest BCUT2D eigenvalue weighted by Crippen LogP contribution is -2.36. The summed E-state index contributed by atoms with van der Waals surface area (Å²) in [6.45, 7) is 5.63. The fourth-order valence-corrected chi connectivity index (χ4v) is 3.71. The second kappa shape index (κ2) is 6.65. The van der Waals surface area contributed by atoms with Crippen LogP contribution in [0.3, 0.4) is 0 Å². The van der Waals surface area contributed by atoms with Crippen LogP contribution in [0, 0.1) is 6.92 Å². The highest BCUT2D eigenvalue weighted by molar-refractivity contribution is 6.14. The number of carbonyl (C=O) groups excluding carboxylic acids is 1. The van der Waals surface area contributed by atoms with E-state index in [0.717, 1.165) is 25.1 Å². The van der Waals surface area contributed by atoms with Crippen LogP contribution in [0.15, 0.2) is 34.4 Å². The Kier molecular flexibility index (Phi) is 4.32. The molecule has 0 radical (unpaired) electrons. The third kappa shape index (κ3) is 3.03. The molecule has 1 aromatic heterocycles. The zero-order chi connectivity index (χ0) is 18.3. The van der Waals surface area contributed by atoms with Gasteiger partial charge in [-0.25, -0.2) is 0 Å². The van der Waals surface area contributed by atoms with Crippen molar-refractivity contribution in [2.24, 2.45) is 0 Å². The Morgan fingerprint density at radius 2 is 2.12 bits per heavy atom. The van der Waals surface area contributed by atoms with Gasteiger partial charge in [-0.1, -0.05) is 6.42 Å². The number of piperidine rings is 1. The lowest BCUT2D eigenvalue weighted by Gasteiger charge is -2.33. The highest BCUT2D eigenvalue weighted by atomic mass is 16.5. The number of ether oxygens (including phenoxy) is 1. The molecule has 5 nitrogen and oxygen atoms in total. The number of benzene rings is 1. The molecule has 2 aliphatic heterocycles. The monoisotopic (exact) mass is 353 g/mol. The number of fused-ring (bicyclic) bond motifs is 1. The molecule has 26 heavy (non-hydrogen) atoms. The van der Waals surface area contributed by atoms with E-state index in [0.29, 0.717) is 35.2 Å². The summed E-state index contributed by atoms with van der Waals surface area (Å²) in [5.74, 6) is 2.05. The van der Waals surface area contributed by atoms with Crippen molar-refractivity contribution in [1.82, 2.24) is 4.90 Å². The SMILES string of the molecule is Cc1ccc(C=C2Oc3c(ccc(O)c3CN3CCCC[C@H]3C)C2=O)o1. The maximum absolute atomic E-state index is 12.7. The van der Waals surface area contributed by atoms with E-state index in [4.69, 9.17) is 9.15 Å². The number of nitrogens with zero attached hydrogens (tertiary/aromatic N) is 1. The van der Waals surface area contributed by atoms with Crippen molar-refractivity contribution < 1.29 is 19.1 Å². The summed E-state index contributed by atoms with van der Waals surface area (Å²) in [6.07, 6.45) is 5.15. The first-order valence-corrected chi connectivity index (χ1v) is 9.12. The van der Waals surface area contributed by atoms with Crippen molar-refractivity contribution in [3.05, 3.63) is 52.7 Å². The van der Waals surface area contributed by atoms with Gasteiger partial charge in [-0.3, -0.25) is 9.69 Å². The Morgan fingerprint density at radius 3 is 2.85 bits per heavy atom. The zero-order valence-electron chi connectivity index (χ0n) is 15.1. The fourth-order valence-electron chi connectivity index (χ4n) is 3.71. The predicted molar refractivity (Wildman–Crippen MR) is 98.2 cm³/mol. The van der Waals surface area contributed by atoms with Crippen molar-refractivity contribution >= 4 is 11.9 Å². The number of hydrogen-bond acceptors (Lipinski definition) is 5. The van der Waals surface area contributed by atoms with E-state index in [1.54, 1.807) is 24.3 Å². The van der Waals surface area contributed by atoms with Gasteiger partial charge in [-0.15, -0.1) is 0 Å². The first kappa shape index (κ1) is 16.9. The van der Waals surface area contributed by atoms with Gasteiger partial charge in [0.25, 0.3) is 0 Å². The average Bonchev–Trinajstić information content (AvgIpc) is 3.16. The predicted octanol–water partition coefficient (Wildman–Crippen LogP) is 4.28. The highest BCUT2D eigenvalue weighted by Gasteiger charge is 2.32. The summed E-state index contributed by atoms with van der Waals surface area (Å²) in [5.41, 5.74) is 1.18. The first-order chi connectivity index (χ1) is 12.5. The molecule has 1 atom stereocenters. The summed E-state index contributed by atoms with van der Waals surface area (Å²) >= 11 is 0. The second-order valence-electron chi connectivity index (χ2n) is 7.14. The maximum atomic E-state index is 12.7. The maximum Gasteiger partial charge on any atom is 0.232 e.